The van der Waals surface area contributed by atoms with E-state index in [0.29, 0.717) is 23.4 Å². The molecule has 3 aromatic carbocycles. The zero-order valence-electron chi connectivity index (χ0n) is 17.2. The molecule has 4 aromatic rings. The van der Waals surface area contributed by atoms with E-state index in [1.54, 1.807) is 6.07 Å². The van der Waals surface area contributed by atoms with Gasteiger partial charge in [0.1, 0.15) is 17.0 Å². The zero-order chi connectivity index (χ0) is 21.5. The normalized spacial score (nSPS) is 12.5. The SMILES string of the molecule is C=C(OC)c1cc2c(cc1N=O)CC(c1cccc(-n3nnc4ccccc43)c1C)=N2. The van der Waals surface area contributed by atoms with Crippen molar-refractivity contribution in [1.29, 1.82) is 0 Å². The molecule has 0 bridgehead atoms. The average molecular weight is 409 g/mol. The van der Waals surface area contributed by atoms with Crippen LogP contribution in [0.25, 0.3) is 22.5 Å². The van der Waals surface area contributed by atoms with E-state index in [0.717, 1.165) is 44.8 Å². The number of benzene rings is 3. The van der Waals surface area contributed by atoms with Gasteiger partial charge in [-0.15, -0.1) is 10.0 Å². The highest BCUT2D eigenvalue weighted by molar-refractivity contribution is 6.08. The Morgan fingerprint density at radius 1 is 1.16 bits per heavy atom. The summed E-state index contributed by atoms with van der Waals surface area (Å²) in [5, 5.41) is 11.8. The van der Waals surface area contributed by atoms with Crippen LogP contribution < -0.4 is 0 Å². The fraction of sp³-hybridized carbons (Fsp3) is 0.125. The molecule has 7 nitrogen and oxygen atoms in total. The highest BCUT2D eigenvalue weighted by Crippen LogP contribution is 2.38. The highest BCUT2D eigenvalue weighted by Gasteiger charge is 2.22. The van der Waals surface area contributed by atoms with Gasteiger partial charge in [-0.1, -0.05) is 36.1 Å². The number of hydrogen-bond donors (Lipinski definition) is 0. The van der Waals surface area contributed by atoms with Gasteiger partial charge in [-0.2, -0.15) is 0 Å². The monoisotopic (exact) mass is 409 g/mol. The molecule has 0 atom stereocenters. The molecule has 2 heterocycles. The minimum atomic E-state index is 0.307. The van der Waals surface area contributed by atoms with Crippen molar-refractivity contribution in [2.75, 3.05) is 7.11 Å². The number of aliphatic imine (C=N–C) groups is 1. The van der Waals surface area contributed by atoms with Crippen molar-refractivity contribution in [2.45, 2.75) is 13.3 Å². The molecule has 0 unspecified atom stereocenters. The van der Waals surface area contributed by atoms with Crippen molar-refractivity contribution in [3.8, 4) is 5.69 Å². The predicted octanol–water partition coefficient (Wildman–Crippen LogP) is 5.42. The number of ether oxygens (including phenoxy) is 1. The number of aromatic nitrogens is 3. The van der Waals surface area contributed by atoms with Crippen LogP contribution in [0.15, 0.2) is 71.3 Å². The molecular formula is C24H19N5O2. The maximum atomic E-state index is 11.3. The van der Waals surface area contributed by atoms with Gasteiger partial charge in [0.2, 0.25) is 0 Å². The minimum Gasteiger partial charge on any atom is -0.497 e. The molecule has 0 N–H and O–H groups in total. The van der Waals surface area contributed by atoms with Gasteiger partial charge in [-0.25, -0.2) is 4.68 Å². The molecule has 0 aliphatic carbocycles. The van der Waals surface area contributed by atoms with Crippen LogP contribution in [0.1, 0.15) is 22.3 Å². The second-order valence-corrected chi connectivity index (χ2v) is 7.39. The van der Waals surface area contributed by atoms with Crippen LogP contribution in [0.2, 0.25) is 0 Å². The van der Waals surface area contributed by atoms with Crippen LogP contribution in [0, 0.1) is 11.8 Å². The van der Waals surface area contributed by atoms with Crippen molar-refractivity contribution in [3.63, 3.8) is 0 Å². The lowest BCUT2D eigenvalue weighted by Gasteiger charge is -2.11. The van der Waals surface area contributed by atoms with Crippen LogP contribution >= 0.6 is 0 Å². The molecule has 0 fully saturated rings. The van der Waals surface area contributed by atoms with Crippen molar-refractivity contribution < 1.29 is 4.74 Å². The molecule has 31 heavy (non-hydrogen) atoms. The summed E-state index contributed by atoms with van der Waals surface area (Å²) >= 11 is 0. The lowest BCUT2D eigenvalue weighted by Crippen LogP contribution is -2.07. The summed E-state index contributed by atoms with van der Waals surface area (Å²) in [5.41, 5.74) is 8.37. The van der Waals surface area contributed by atoms with Gasteiger partial charge in [0.05, 0.1) is 29.7 Å². The summed E-state index contributed by atoms with van der Waals surface area (Å²) in [5.74, 6) is 0.386. The highest BCUT2D eigenvalue weighted by atomic mass is 16.5. The Kier molecular flexibility index (Phi) is 4.43. The van der Waals surface area contributed by atoms with E-state index in [4.69, 9.17) is 9.73 Å². The lowest BCUT2D eigenvalue weighted by atomic mass is 9.98. The van der Waals surface area contributed by atoms with E-state index < -0.39 is 0 Å². The van der Waals surface area contributed by atoms with Crippen molar-refractivity contribution >= 4 is 33.9 Å². The average Bonchev–Trinajstić information content (AvgIpc) is 3.41. The summed E-state index contributed by atoms with van der Waals surface area (Å²) in [4.78, 5) is 16.2. The molecule has 1 aliphatic heterocycles. The number of para-hydroxylation sites is 1. The Morgan fingerprint density at radius 2 is 2.00 bits per heavy atom. The van der Waals surface area contributed by atoms with E-state index in [2.05, 4.69) is 35.1 Å². The smallest absolute Gasteiger partial charge is 0.121 e. The number of rotatable bonds is 5. The van der Waals surface area contributed by atoms with Gasteiger partial charge < -0.3 is 4.74 Å². The van der Waals surface area contributed by atoms with Crippen molar-refractivity contribution in [1.82, 2.24) is 15.0 Å². The maximum absolute atomic E-state index is 11.3. The second kappa shape index (κ2) is 7.28. The van der Waals surface area contributed by atoms with Crippen LogP contribution in [-0.2, 0) is 11.2 Å². The van der Waals surface area contributed by atoms with Crippen molar-refractivity contribution in [3.05, 3.63) is 88.3 Å². The van der Waals surface area contributed by atoms with Gasteiger partial charge >= 0.3 is 0 Å². The summed E-state index contributed by atoms with van der Waals surface area (Å²) < 4.78 is 7.06. The first-order chi connectivity index (χ1) is 15.1. The first-order valence-corrected chi connectivity index (χ1v) is 9.82. The third-order valence-electron chi connectivity index (χ3n) is 5.65. The molecule has 5 rings (SSSR count). The number of hydrogen-bond acceptors (Lipinski definition) is 6. The molecular weight excluding hydrogens is 390 g/mol. The predicted molar refractivity (Wildman–Crippen MR) is 121 cm³/mol. The van der Waals surface area contributed by atoms with E-state index >= 15 is 0 Å². The molecule has 1 aliphatic rings. The van der Waals surface area contributed by atoms with Gasteiger partial charge in [-0.05, 0) is 53.6 Å². The molecule has 1 aromatic heterocycles. The molecule has 0 radical (unpaired) electrons. The third kappa shape index (κ3) is 3.02. The third-order valence-corrected chi connectivity index (χ3v) is 5.65. The number of nitrogens with zero attached hydrogens (tertiary/aromatic N) is 5. The Labute approximate surface area is 178 Å². The molecule has 0 amide bonds. The minimum absolute atomic E-state index is 0.307. The Balaban J connectivity index is 1.59. The Hall–Kier alpha value is -4.13. The lowest BCUT2D eigenvalue weighted by molar-refractivity contribution is 0.371. The van der Waals surface area contributed by atoms with Crippen molar-refractivity contribution in [2.24, 2.45) is 10.2 Å². The fourth-order valence-corrected chi connectivity index (χ4v) is 4.01. The Morgan fingerprint density at radius 3 is 2.81 bits per heavy atom. The van der Waals surface area contributed by atoms with Gasteiger partial charge in [0.25, 0.3) is 0 Å². The van der Waals surface area contributed by atoms with E-state index in [9.17, 15) is 4.91 Å². The summed E-state index contributed by atoms with van der Waals surface area (Å²) in [7, 11) is 1.52. The van der Waals surface area contributed by atoms with E-state index in [1.807, 2.05) is 47.1 Å². The van der Waals surface area contributed by atoms with Crippen LogP contribution in [0.4, 0.5) is 11.4 Å². The van der Waals surface area contributed by atoms with Gasteiger partial charge in [-0.3, -0.25) is 4.99 Å². The van der Waals surface area contributed by atoms with Crippen LogP contribution in [-0.4, -0.2) is 27.8 Å². The van der Waals surface area contributed by atoms with E-state index in [-0.39, 0.29) is 0 Å². The molecule has 152 valence electrons. The largest absolute Gasteiger partial charge is 0.497 e. The van der Waals surface area contributed by atoms with Gasteiger partial charge in [0, 0.05) is 17.5 Å². The fourth-order valence-electron chi connectivity index (χ4n) is 4.01. The quantitative estimate of drug-likeness (QED) is 0.325. The molecule has 0 saturated heterocycles. The molecule has 7 heteroatoms. The topological polar surface area (TPSA) is 81.7 Å². The summed E-state index contributed by atoms with van der Waals surface area (Å²) in [6.07, 6.45) is 0.611. The van der Waals surface area contributed by atoms with Crippen LogP contribution in [0.5, 0.6) is 0 Å². The molecule has 0 spiro atoms. The molecule has 0 saturated carbocycles. The zero-order valence-corrected chi connectivity index (χ0v) is 17.2. The first-order valence-electron chi connectivity index (χ1n) is 9.82. The van der Waals surface area contributed by atoms with Crippen LogP contribution in [0.3, 0.4) is 0 Å². The maximum Gasteiger partial charge on any atom is 0.121 e. The summed E-state index contributed by atoms with van der Waals surface area (Å²) in [6, 6.07) is 17.5. The summed E-state index contributed by atoms with van der Waals surface area (Å²) in [6.45, 7) is 5.91. The number of methoxy groups -OCH3 is 1. The van der Waals surface area contributed by atoms with E-state index in [1.165, 1.54) is 7.11 Å². The van der Waals surface area contributed by atoms with Gasteiger partial charge in [0.15, 0.2) is 0 Å². The Bertz CT molecular complexity index is 1400. The second-order valence-electron chi connectivity index (χ2n) is 7.39. The standard InChI is InChI=1S/C24H19N5O2/c1-14-17(7-6-10-23(14)29-24-9-5-4-8-19(24)26-28-29)21-11-16-12-22(27-30)18(15(2)31-3)13-20(16)25-21/h4-10,12-13H,2,11H2,1,3H3. The number of nitroso groups, excluding NO2 is 1. The number of fused-ring (bicyclic) bond motifs is 2. The first kappa shape index (κ1) is 18.9.